The smallest absolute Gasteiger partial charge is 0.127 e. The fourth-order valence-corrected chi connectivity index (χ4v) is 1.97. The van der Waals surface area contributed by atoms with Gasteiger partial charge in [0, 0.05) is 16.8 Å². The summed E-state index contributed by atoms with van der Waals surface area (Å²) in [4.78, 5) is 4.24. The first-order valence-corrected chi connectivity index (χ1v) is 6.11. The van der Waals surface area contributed by atoms with E-state index in [0.717, 1.165) is 5.56 Å². The first-order valence-electron chi connectivity index (χ1n) is 5.35. The molecule has 0 aliphatic heterocycles. The van der Waals surface area contributed by atoms with Gasteiger partial charge in [-0.15, -0.1) is 0 Å². The minimum atomic E-state index is 0.228. The standard InChI is InChI=1S/C14H11Cl2NO/c1-9-3-2-4-10(14(9)18)8-17-13-6-5-11(15)7-12(13)16/h2-8,18H,1H3. The second kappa shape index (κ2) is 5.42. The van der Waals surface area contributed by atoms with Crippen LogP contribution in [-0.4, -0.2) is 11.3 Å². The van der Waals surface area contributed by atoms with Gasteiger partial charge < -0.3 is 5.11 Å². The first kappa shape index (κ1) is 12.9. The van der Waals surface area contributed by atoms with Crippen molar-refractivity contribution in [3.8, 4) is 5.75 Å². The highest BCUT2D eigenvalue weighted by Gasteiger charge is 2.02. The Hall–Kier alpha value is -1.51. The Morgan fingerprint density at radius 2 is 1.94 bits per heavy atom. The minimum absolute atomic E-state index is 0.228. The van der Waals surface area contributed by atoms with Crippen LogP contribution in [0, 0.1) is 6.92 Å². The monoisotopic (exact) mass is 279 g/mol. The summed E-state index contributed by atoms with van der Waals surface area (Å²) >= 11 is 11.8. The Kier molecular flexibility index (Phi) is 3.90. The third kappa shape index (κ3) is 2.84. The lowest BCUT2D eigenvalue weighted by Gasteiger charge is -2.02. The maximum atomic E-state index is 9.84. The van der Waals surface area contributed by atoms with Gasteiger partial charge in [0.1, 0.15) is 5.75 Å². The lowest BCUT2D eigenvalue weighted by molar-refractivity contribution is 0.470. The molecule has 0 fully saturated rings. The third-order valence-corrected chi connectivity index (χ3v) is 3.06. The predicted molar refractivity (Wildman–Crippen MR) is 76.6 cm³/mol. The van der Waals surface area contributed by atoms with Gasteiger partial charge >= 0.3 is 0 Å². The predicted octanol–water partition coefficient (Wildman–Crippen LogP) is 4.76. The zero-order chi connectivity index (χ0) is 13.1. The molecular formula is C14H11Cl2NO. The van der Waals surface area contributed by atoms with Crippen LogP contribution in [0.25, 0.3) is 0 Å². The van der Waals surface area contributed by atoms with Crippen LogP contribution in [0.2, 0.25) is 10.0 Å². The molecule has 0 amide bonds. The number of nitrogens with zero attached hydrogens (tertiary/aromatic N) is 1. The van der Waals surface area contributed by atoms with E-state index in [9.17, 15) is 5.11 Å². The van der Waals surface area contributed by atoms with Gasteiger partial charge in [-0.1, -0.05) is 35.3 Å². The molecule has 92 valence electrons. The van der Waals surface area contributed by atoms with Crippen LogP contribution in [0.5, 0.6) is 5.75 Å². The van der Waals surface area contributed by atoms with Crippen molar-refractivity contribution in [3.63, 3.8) is 0 Å². The Morgan fingerprint density at radius 1 is 1.17 bits per heavy atom. The topological polar surface area (TPSA) is 32.6 Å². The molecule has 2 aromatic carbocycles. The van der Waals surface area contributed by atoms with Crippen LogP contribution >= 0.6 is 23.2 Å². The molecule has 2 aromatic rings. The third-order valence-electron chi connectivity index (χ3n) is 2.52. The summed E-state index contributed by atoms with van der Waals surface area (Å²) < 4.78 is 0. The maximum absolute atomic E-state index is 9.84. The molecule has 18 heavy (non-hydrogen) atoms. The number of para-hydroxylation sites is 1. The summed E-state index contributed by atoms with van der Waals surface area (Å²) in [5.41, 5.74) is 2.07. The van der Waals surface area contributed by atoms with Gasteiger partial charge in [-0.2, -0.15) is 0 Å². The number of hydrogen-bond acceptors (Lipinski definition) is 2. The first-order chi connectivity index (χ1) is 8.58. The Labute approximate surface area is 116 Å². The van der Waals surface area contributed by atoms with E-state index in [2.05, 4.69) is 4.99 Å². The Morgan fingerprint density at radius 3 is 2.67 bits per heavy atom. The minimum Gasteiger partial charge on any atom is -0.507 e. The molecule has 0 saturated carbocycles. The van der Waals surface area contributed by atoms with Crippen molar-refractivity contribution in [1.82, 2.24) is 0 Å². The molecule has 4 heteroatoms. The number of hydrogen-bond donors (Lipinski definition) is 1. The summed E-state index contributed by atoms with van der Waals surface area (Å²) in [7, 11) is 0. The number of phenolic OH excluding ortho intramolecular Hbond substituents is 1. The van der Waals surface area contributed by atoms with E-state index in [1.54, 1.807) is 30.5 Å². The molecule has 0 radical (unpaired) electrons. The van der Waals surface area contributed by atoms with Crippen molar-refractivity contribution in [2.24, 2.45) is 4.99 Å². The summed E-state index contributed by atoms with van der Waals surface area (Å²) in [5.74, 6) is 0.228. The zero-order valence-electron chi connectivity index (χ0n) is 9.69. The van der Waals surface area contributed by atoms with Gasteiger partial charge in [0.05, 0.1) is 10.7 Å². The van der Waals surface area contributed by atoms with Crippen molar-refractivity contribution in [3.05, 3.63) is 57.6 Å². The molecule has 0 aliphatic rings. The number of aliphatic imine (C=N–C) groups is 1. The summed E-state index contributed by atoms with van der Waals surface area (Å²) in [5, 5.41) is 10.9. The van der Waals surface area contributed by atoms with Gasteiger partial charge in [-0.05, 0) is 36.8 Å². The number of phenols is 1. The van der Waals surface area contributed by atoms with Gasteiger partial charge in [0.2, 0.25) is 0 Å². The second-order valence-electron chi connectivity index (χ2n) is 3.87. The number of aromatic hydroxyl groups is 1. The molecule has 0 spiro atoms. The Balaban J connectivity index is 2.33. The number of rotatable bonds is 2. The molecule has 0 aliphatic carbocycles. The van der Waals surface area contributed by atoms with Crippen LogP contribution in [0.3, 0.4) is 0 Å². The van der Waals surface area contributed by atoms with E-state index in [1.807, 2.05) is 19.1 Å². The largest absolute Gasteiger partial charge is 0.507 e. The van der Waals surface area contributed by atoms with Gasteiger partial charge in [0.25, 0.3) is 0 Å². The van der Waals surface area contributed by atoms with E-state index in [1.165, 1.54) is 0 Å². The molecule has 0 bridgehead atoms. The highest BCUT2D eigenvalue weighted by molar-refractivity contribution is 6.36. The lowest BCUT2D eigenvalue weighted by Crippen LogP contribution is -1.84. The van der Waals surface area contributed by atoms with Gasteiger partial charge in [-0.25, -0.2) is 0 Å². The zero-order valence-corrected chi connectivity index (χ0v) is 11.2. The average Bonchev–Trinajstić information content (AvgIpc) is 2.33. The lowest BCUT2D eigenvalue weighted by atomic mass is 10.1. The van der Waals surface area contributed by atoms with Gasteiger partial charge in [0.15, 0.2) is 0 Å². The molecular weight excluding hydrogens is 269 g/mol. The molecule has 0 heterocycles. The van der Waals surface area contributed by atoms with Crippen molar-refractivity contribution in [1.29, 1.82) is 0 Å². The molecule has 0 aromatic heterocycles. The SMILES string of the molecule is Cc1cccc(C=Nc2ccc(Cl)cc2Cl)c1O. The van der Waals surface area contributed by atoms with E-state index in [0.29, 0.717) is 21.3 Å². The van der Waals surface area contributed by atoms with Crippen LogP contribution in [0.1, 0.15) is 11.1 Å². The highest BCUT2D eigenvalue weighted by Crippen LogP contribution is 2.28. The van der Waals surface area contributed by atoms with Crippen LogP contribution in [0.4, 0.5) is 5.69 Å². The highest BCUT2D eigenvalue weighted by atomic mass is 35.5. The van der Waals surface area contributed by atoms with E-state index in [-0.39, 0.29) is 5.75 Å². The van der Waals surface area contributed by atoms with E-state index < -0.39 is 0 Å². The average molecular weight is 280 g/mol. The quantitative estimate of drug-likeness (QED) is 0.790. The van der Waals surface area contributed by atoms with Crippen LogP contribution < -0.4 is 0 Å². The normalized spacial score (nSPS) is 11.1. The van der Waals surface area contributed by atoms with E-state index in [4.69, 9.17) is 23.2 Å². The number of benzene rings is 2. The van der Waals surface area contributed by atoms with Crippen molar-refractivity contribution >= 4 is 35.1 Å². The summed E-state index contributed by atoms with van der Waals surface area (Å²) in [6.07, 6.45) is 1.58. The van der Waals surface area contributed by atoms with Crippen molar-refractivity contribution in [2.75, 3.05) is 0 Å². The summed E-state index contributed by atoms with van der Waals surface area (Å²) in [6.45, 7) is 1.84. The van der Waals surface area contributed by atoms with Crippen LogP contribution in [-0.2, 0) is 0 Å². The molecule has 2 nitrogen and oxygen atoms in total. The Bertz CT molecular complexity index is 609. The summed E-state index contributed by atoms with van der Waals surface area (Å²) in [6, 6.07) is 10.6. The second-order valence-corrected chi connectivity index (χ2v) is 4.71. The van der Waals surface area contributed by atoms with Crippen molar-refractivity contribution < 1.29 is 5.11 Å². The van der Waals surface area contributed by atoms with Crippen LogP contribution in [0.15, 0.2) is 41.4 Å². The fourth-order valence-electron chi connectivity index (χ4n) is 1.51. The fraction of sp³-hybridized carbons (Fsp3) is 0.0714. The molecule has 2 rings (SSSR count). The van der Waals surface area contributed by atoms with Gasteiger partial charge in [-0.3, -0.25) is 4.99 Å². The molecule has 0 atom stereocenters. The maximum Gasteiger partial charge on any atom is 0.127 e. The molecule has 1 N–H and O–H groups in total. The molecule has 0 saturated heterocycles. The van der Waals surface area contributed by atoms with E-state index >= 15 is 0 Å². The van der Waals surface area contributed by atoms with Crippen molar-refractivity contribution in [2.45, 2.75) is 6.92 Å². The molecule has 0 unspecified atom stereocenters. The number of halogens is 2. The number of aryl methyl sites for hydroxylation is 1.